The van der Waals surface area contributed by atoms with Crippen molar-refractivity contribution >= 4 is 5.97 Å². The summed E-state index contributed by atoms with van der Waals surface area (Å²) in [6, 6.07) is 1.00. The summed E-state index contributed by atoms with van der Waals surface area (Å²) in [6.45, 7) is 6.24. The lowest BCUT2D eigenvalue weighted by atomic mass is 10.1. The average molecular weight is 227 g/mol. The van der Waals surface area contributed by atoms with Gasteiger partial charge in [-0.15, -0.1) is 5.06 Å². The third kappa shape index (κ3) is 3.78. The molecule has 0 aromatic carbocycles. The predicted molar refractivity (Wildman–Crippen MR) is 64.8 cm³/mol. The molecular formula is C13H25NO2. The molecule has 0 aliphatic carbocycles. The van der Waals surface area contributed by atoms with Gasteiger partial charge in [0, 0.05) is 6.42 Å². The maximum absolute atomic E-state index is 11.2. The van der Waals surface area contributed by atoms with Gasteiger partial charge in [-0.25, -0.2) is 0 Å². The molecule has 0 amide bonds. The van der Waals surface area contributed by atoms with E-state index in [1.165, 1.54) is 38.5 Å². The number of nitrogens with zero attached hydrogens (tertiary/aromatic N) is 1. The lowest BCUT2D eigenvalue weighted by molar-refractivity contribution is -0.169. The van der Waals surface area contributed by atoms with Crippen LogP contribution in [-0.4, -0.2) is 23.1 Å². The molecule has 94 valence electrons. The van der Waals surface area contributed by atoms with Gasteiger partial charge in [-0.1, -0.05) is 46.5 Å². The Kier molecular flexibility index (Phi) is 5.81. The van der Waals surface area contributed by atoms with Crippen molar-refractivity contribution in [2.24, 2.45) is 0 Å². The smallest absolute Gasteiger partial charge is 0.324 e. The third-order valence-electron chi connectivity index (χ3n) is 3.21. The number of hydroxylamine groups is 2. The highest BCUT2D eigenvalue weighted by Gasteiger charge is 2.49. The fourth-order valence-corrected chi connectivity index (χ4v) is 2.09. The molecule has 1 rings (SSSR count). The summed E-state index contributed by atoms with van der Waals surface area (Å²) in [5, 5.41) is 1.93. The topological polar surface area (TPSA) is 29.3 Å². The Morgan fingerprint density at radius 2 is 1.56 bits per heavy atom. The second-order valence-corrected chi connectivity index (χ2v) is 4.60. The van der Waals surface area contributed by atoms with Crippen LogP contribution in [0.15, 0.2) is 0 Å². The molecule has 16 heavy (non-hydrogen) atoms. The van der Waals surface area contributed by atoms with E-state index in [4.69, 9.17) is 4.84 Å². The molecular weight excluding hydrogens is 202 g/mol. The van der Waals surface area contributed by atoms with Crippen molar-refractivity contribution in [2.75, 3.05) is 0 Å². The van der Waals surface area contributed by atoms with E-state index in [1.54, 1.807) is 0 Å². The fourth-order valence-electron chi connectivity index (χ4n) is 2.09. The lowest BCUT2D eigenvalue weighted by Crippen LogP contribution is -2.11. The molecule has 0 bridgehead atoms. The minimum atomic E-state index is -0.0968. The van der Waals surface area contributed by atoms with Gasteiger partial charge in [0.1, 0.15) is 0 Å². The molecule has 2 unspecified atom stereocenters. The second kappa shape index (κ2) is 6.89. The van der Waals surface area contributed by atoms with Crippen molar-refractivity contribution in [3.63, 3.8) is 0 Å². The van der Waals surface area contributed by atoms with Crippen molar-refractivity contribution in [1.82, 2.24) is 5.06 Å². The molecule has 1 aliphatic heterocycles. The van der Waals surface area contributed by atoms with Crippen LogP contribution < -0.4 is 0 Å². The number of unbranched alkanes of at least 4 members (excludes halogenated alkanes) is 2. The van der Waals surface area contributed by atoms with Gasteiger partial charge >= 0.3 is 5.97 Å². The zero-order valence-corrected chi connectivity index (χ0v) is 10.9. The number of carbonyl (C=O) groups is 1. The van der Waals surface area contributed by atoms with Gasteiger partial charge in [-0.2, -0.15) is 0 Å². The van der Waals surface area contributed by atoms with Gasteiger partial charge in [0.25, 0.3) is 0 Å². The highest BCUT2D eigenvalue weighted by atomic mass is 16.7. The number of rotatable bonds is 8. The first-order chi connectivity index (χ1) is 7.74. The van der Waals surface area contributed by atoms with Gasteiger partial charge < -0.3 is 4.84 Å². The standard InChI is InChI=1S/C13H25NO2/c1-4-7-9-11-12(10-8-5-2)14(11)16-13(15)6-3/h11-12H,4-10H2,1-3H3. The molecule has 1 aliphatic rings. The molecule has 0 spiro atoms. The highest BCUT2D eigenvalue weighted by Crippen LogP contribution is 2.36. The number of hydrogen-bond acceptors (Lipinski definition) is 3. The highest BCUT2D eigenvalue weighted by molar-refractivity contribution is 5.68. The zero-order valence-electron chi connectivity index (χ0n) is 10.9. The molecule has 0 saturated carbocycles. The Morgan fingerprint density at radius 3 is 1.94 bits per heavy atom. The summed E-state index contributed by atoms with van der Waals surface area (Å²) in [4.78, 5) is 16.6. The molecule has 1 saturated heterocycles. The molecule has 0 aromatic heterocycles. The van der Waals surface area contributed by atoms with E-state index >= 15 is 0 Å². The van der Waals surface area contributed by atoms with E-state index in [-0.39, 0.29) is 5.97 Å². The SMILES string of the molecule is CCCCC1C(CCCC)N1OC(=O)CC. The first kappa shape index (κ1) is 13.5. The molecule has 2 atom stereocenters. The minimum absolute atomic E-state index is 0.0968. The van der Waals surface area contributed by atoms with Crippen LogP contribution >= 0.6 is 0 Å². The van der Waals surface area contributed by atoms with Crippen LogP contribution in [0.5, 0.6) is 0 Å². The van der Waals surface area contributed by atoms with Crippen molar-refractivity contribution in [1.29, 1.82) is 0 Å². The summed E-state index contributed by atoms with van der Waals surface area (Å²) >= 11 is 0. The monoisotopic (exact) mass is 227 g/mol. The molecule has 0 N–H and O–H groups in total. The van der Waals surface area contributed by atoms with Crippen LogP contribution in [-0.2, 0) is 9.63 Å². The fraction of sp³-hybridized carbons (Fsp3) is 0.923. The Balaban J connectivity index is 2.31. The Bertz CT molecular complexity index is 204. The van der Waals surface area contributed by atoms with Crippen LogP contribution in [0, 0.1) is 0 Å². The number of hydrogen-bond donors (Lipinski definition) is 0. The van der Waals surface area contributed by atoms with Gasteiger partial charge in [-0.05, 0) is 12.8 Å². The lowest BCUT2D eigenvalue weighted by Gasteiger charge is -2.03. The molecule has 3 nitrogen and oxygen atoms in total. The largest absolute Gasteiger partial charge is 0.367 e. The second-order valence-electron chi connectivity index (χ2n) is 4.60. The van der Waals surface area contributed by atoms with Crippen LogP contribution in [0.25, 0.3) is 0 Å². The summed E-state index contributed by atoms with van der Waals surface area (Å²) in [7, 11) is 0. The normalized spacial score (nSPS) is 27.8. The van der Waals surface area contributed by atoms with Gasteiger partial charge in [0.05, 0.1) is 12.1 Å². The summed E-state index contributed by atoms with van der Waals surface area (Å²) in [5.41, 5.74) is 0. The van der Waals surface area contributed by atoms with Crippen LogP contribution in [0.4, 0.5) is 0 Å². The third-order valence-corrected chi connectivity index (χ3v) is 3.21. The quantitative estimate of drug-likeness (QED) is 0.596. The van der Waals surface area contributed by atoms with Crippen molar-refractivity contribution in [3.05, 3.63) is 0 Å². The maximum Gasteiger partial charge on any atom is 0.324 e. The maximum atomic E-state index is 11.2. The Labute approximate surface area is 99.1 Å². The van der Waals surface area contributed by atoms with E-state index in [1.807, 2.05) is 12.0 Å². The molecule has 0 radical (unpaired) electrons. The summed E-state index contributed by atoms with van der Waals surface area (Å²) in [5.74, 6) is -0.0968. The van der Waals surface area contributed by atoms with Crippen molar-refractivity contribution in [2.45, 2.75) is 77.8 Å². The van der Waals surface area contributed by atoms with Crippen molar-refractivity contribution in [3.8, 4) is 0 Å². The molecule has 3 heteroatoms. The van der Waals surface area contributed by atoms with E-state index in [0.717, 1.165) is 0 Å². The van der Waals surface area contributed by atoms with E-state index in [2.05, 4.69) is 13.8 Å². The summed E-state index contributed by atoms with van der Waals surface area (Å²) < 4.78 is 0. The van der Waals surface area contributed by atoms with Crippen LogP contribution in [0.3, 0.4) is 0 Å². The molecule has 1 heterocycles. The van der Waals surface area contributed by atoms with Crippen molar-refractivity contribution < 1.29 is 9.63 Å². The Hall–Kier alpha value is -0.570. The van der Waals surface area contributed by atoms with E-state index in [9.17, 15) is 4.79 Å². The Morgan fingerprint density at radius 1 is 1.06 bits per heavy atom. The summed E-state index contributed by atoms with van der Waals surface area (Å²) in [6.07, 6.45) is 7.70. The average Bonchev–Trinajstić information content (AvgIpc) is 2.95. The molecule has 1 fully saturated rings. The predicted octanol–water partition coefficient (Wildman–Crippen LogP) is 3.29. The van der Waals surface area contributed by atoms with Crippen LogP contribution in [0.2, 0.25) is 0 Å². The van der Waals surface area contributed by atoms with E-state index < -0.39 is 0 Å². The van der Waals surface area contributed by atoms with Gasteiger partial charge in [0.15, 0.2) is 0 Å². The minimum Gasteiger partial charge on any atom is -0.367 e. The molecule has 0 aromatic rings. The van der Waals surface area contributed by atoms with Crippen LogP contribution in [0.1, 0.15) is 65.7 Å². The van der Waals surface area contributed by atoms with Gasteiger partial charge in [0.2, 0.25) is 0 Å². The van der Waals surface area contributed by atoms with Gasteiger partial charge in [-0.3, -0.25) is 4.79 Å². The van der Waals surface area contributed by atoms with E-state index in [0.29, 0.717) is 18.5 Å². The first-order valence-corrected chi connectivity index (χ1v) is 6.73. The number of carbonyl (C=O) groups excluding carboxylic acids is 1. The first-order valence-electron chi connectivity index (χ1n) is 6.73. The zero-order chi connectivity index (χ0) is 12.0.